The van der Waals surface area contributed by atoms with Gasteiger partial charge in [0, 0.05) is 12.6 Å². The van der Waals surface area contributed by atoms with Crippen LogP contribution in [0.3, 0.4) is 0 Å². The first kappa shape index (κ1) is 15.7. The van der Waals surface area contributed by atoms with Gasteiger partial charge < -0.3 is 15.2 Å². The number of rotatable bonds is 8. The number of ether oxygens (including phenoxy) is 1. The molecule has 0 heterocycles. The fraction of sp³-hybridized carbons (Fsp3) is 0.500. The fourth-order valence-electron chi connectivity index (χ4n) is 1.41. The molecule has 0 aliphatic carbocycles. The summed E-state index contributed by atoms with van der Waals surface area (Å²) in [5.41, 5.74) is -0.0991. The number of hydrogen-bond acceptors (Lipinski definition) is 5. The van der Waals surface area contributed by atoms with Crippen molar-refractivity contribution in [2.24, 2.45) is 0 Å². The van der Waals surface area contributed by atoms with Gasteiger partial charge in [-0.05, 0) is 19.0 Å². The van der Waals surface area contributed by atoms with E-state index in [1.54, 1.807) is 0 Å². The zero-order valence-corrected chi connectivity index (χ0v) is 11.4. The van der Waals surface area contributed by atoms with Gasteiger partial charge in [-0.3, -0.25) is 10.1 Å². The van der Waals surface area contributed by atoms with Crippen LogP contribution >= 0.6 is 11.6 Å². The zero-order valence-electron chi connectivity index (χ0n) is 10.6. The van der Waals surface area contributed by atoms with E-state index in [1.165, 1.54) is 18.2 Å². The largest absolute Gasteiger partial charge is 0.489 e. The minimum Gasteiger partial charge on any atom is -0.489 e. The van der Waals surface area contributed by atoms with Crippen molar-refractivity contribution >= 4 is 17.3 Å². The van der Waals surface area contributed by atoms with E-state index in [0.717, 1.165) is 13.0 Å². The Morgan fingerprint density at radius 1 is 1.58 bits per heavy atom. The van der Waals surface area contributed by atoms with Crippen LogP contribution in [0.25, 0.3) is 0 Å². The Kier molecular flexibility index (Phi) is 6.55. The second-order valence-corrected chi connectivity index (χ2v) is 4.45. The standard InChI is InChI=1S/C12H17ClN2O4/c1-2-5-14-7-10(16)8-19-12-6-9(15(17)18)3-4-11(12)13/h3-4,6,10,14,16H,2,5,7-8H2,1H3. The predicted molar refractivity (Wildman–Crippen MR) is 72.8 cm³/mol. The van der Waals surface area contributed by atoms with Gasteiger partial charge in [0.05, 0.1) is 16.0 Å². The molecular formula is C12H17ClN2O4. The third kappa shape index (κ3) is 5.42. The van der Waals surface area contributed by atoms with Gasteiger partial charge in [0.2, 0.25) is 0 Å². The Balaban J connectivity index is 2.52. The number of nitrogens with zero attached hydrogens (tertiary/aromatic N) is 1. The molecule has 0 bridgehead atoms. The lowest BCUT2D eigenvalue weighted by Gasteiger charge is -2.13. The Hall–Kier alpha value is -1.37. The third-order valence-electron chi connectivity index (χ3n) is 2.36. The molecular weight excluding hydrogens is 272 g/mol. The molecule has 19 heavy (non-hydrogen) atoms. The summed E-state index contributed by atoms with van der Waals surface area (Å²) in [5.74, 6) is 0.199. The summed E-state index contributed by atoms with van der Waals surface area (Å²) in [7, 11) is 0. The highest BCUT2D eigenvalue weighted by Crippen LogP contribution is 2.28. The molecule has 0 aliphatic rings. The molecule has 0 fully saturated rings. The second kappa shape index (κ2) is 7.93. The molecule has 106 valence electrons. The van der Waals surface area contributed by atoms with Gasteiger partial charge in [-0.15, -0.1) is 0 Å². The molecule has 0 aromatic heterocycles. The monoisotopic (exact) mass is 288 g/mol. The number of aliphatic hydroxyl groups excluding tert-OH is 1. The first-order valence-corrected chi connectivity index (χ1v) is 6.38. The number of halogens is 1. The van der Waals surface area contributed by atoms with Crippen LogP contribution in [0.4, 0.5) is 5.69 Å². The minimum atomic E-state index is -0.693. The van der Waals surface area contributed by atoms with Crippen molar-refractivity contribution in [1.82, 2.24) is 5.32 Å². The number of nitro groups is 1. The van der Waals surface area contributed by atoms with Crippen LogP contribution in [0.2, 0.25) is 5.02 Å². The van der Waals surface area contributed by atoms with Crippen molar-refractivity contribution in [2.45, 2.75) is 19.4 Å². The van der Waals surface area contributed by atoms with E-state index in [2.05, 4.69) is 5.32 Å². The summed E-state index contributed by atoms with van der Waals surface area (Å²) in [6.45, 7) is 3.27. The molecule has 2 N–H and O–H groups in total. The summed E-state index contributed by atoms with van der Waals surface area (Å²) in [6.07, 6.45) is 0.284. The number of benzene rings is 1. The number of non-ortho nitro benzene ring substituents is 1. The van der Waals surface area contributed by atoms with Crippen LogP contribution in [0.5, 0.6) is 5.75 Å². The number of nitro benzene ring substituents is 1. The van der Waals surface area contributed by atoms with Gasteiger partial charge in [-0.2, -0.15) is 0 Å². The molecule has 1 atom stereocenters. The van der Waals surface area contributed by atoms with E-state index < -0.39 is 11.0 Å². The summed E-state index contributed by atoms with van der Waals surface area (Å²) in [4.78, 5) is 10.1. The summed E-state index contributed by atoms with van der Waals surface area (Å²) >= 11 is 5.87. The van der Waals surface area contributed by atoms with Crippen LogP contribution < -0.4 is 10.1 Å². The maximum atomic E-state index is 10.6. The van der Waals surface area contributed by atoms with E-state index in [9.17, 15) is 15.2 Å². The normalized spacial score (nSPS) is 12.2. The van der Waals surface area contributed by atoms with Gasteiger partial charge >= 0.3 is 0 Å². The minimum absolute atomic E-state index is 0.0254. The lowest BCUT2D eigenvalue weighted by Crippen LogP contribution is -2.31. The predicted octanol–water partition coefficient (Wildman–Crippen LogP) is 1.99. The van der Waals surface area contributed by atoms with Crippen LogP contribution in [-0.4, -0.2) is 35.8 Å². The molecule has 1 rings (SSSR count). The van der Waals surface area contributed by atoms with Gasteiger partial charge in [0.25, 0.3) is 5.69 Å². The summed E-state index contributed by atoms with van der Waals surface area (Å²) < 4.78 is 5.29. The average molecular weight is 289 g/mol. The molecule has 0 aliphatic heterocycles. The highest BCUT2D eigenvalue weighted by atomic mass is 35.5. The number of nitrogens with one attached hydrogen (secondary N) is 1. The third-order valence-corrected chi connectivity index (χ3v) is 2.68. The van der Waals surface area contributed by atoms with Gasteiger partial charge in [-0.1, -0.05) is 18.5 Å². The Morgan fingerprint density at radius 3 is 2.95 bits per heavy atom. The van der Waals surface area contributed by atoms with Crippen molar-refractivity contribution in [3.05, 3.63) is 33.3 Å². The Labute approximate surface area is 116 Å². The summed E-state index contributed by atoms with van der Waals surface area (Å²) in [6, 6.07) is 3.94. The summed E-state index contributed by atoms with van der Waals surface area (Å²) in [5, 5.41) is 23.6. The first-order chi connectivity index (χ1) is 9.04. The lowest BCUT2D eigenvalue weighted by atomic mass is 10.3. The SMILES string of the molecule is CCCNCC(O)COc1cc([N+](=O)[O-])ccc1Cl. The maximum Gasteiger partial charge on any atom is 0.273 e. The molecule has 7 heteroatoms. The van der Waals surface area contributed by atoms with E-state index in [0.29, 0.717) is 6.54 Å². The van der Waals surface area contributed by atoms with E-state index in [4.69, 9.17) is 16.3 Å². The molecule has 1 aromatic carbocycles. The first-order valence-electron chi connectivity index (χ1n) is 6.00. The van der Waals surface area contributed by atoms with Crippen LogP contribution in [0, 0.1) is 10.1 Å². The fourth-order valence-corrected chi connectivity index (χ4v) is 1.58. The lowest BCUT2D eigenvalue weighted by molar-refractivity contribution is -0.384. The molecule has 0 radical (unpaired) electrons. The smallest absolute Gasteiger partial charge is 0.273 e. The average Bonchev–Trinajstić information content (AvgIpc) is 2.37. The molecule has 6 nitrogen and oxygen atoms in total. The molecule has 0 saturated carbocycles. The molecule has 0 amide bonds. The second-order valence-electron chi connectivity index (χ2n) is 4.04. The van der Waals surface area contributed by atoms with Gasteiger partial charge in [-0.25, -0.2) is 0 Å². The highest BCUT2D eigenvalue weighted by molar-refractivity contribution is 6.32. The Bertz CT molecular complexity index is 428. The van der Waals surface area contributed by atoms with Crippen LogP contribution in [0.15, 0.2) is 18.2 Å². The zero-order chi connectivity index (χ0) is 14.3. The molecule has 1 aromatic rings. The van der Waals surface area contributed by atoms with E-state index in [-0.39, 0.29) is 23.1 Å². The van der Waals surface area contributed by atoms with Crippen molar-refractivity contribution in [1.29, 1.82) is 0 Å². The van der Waals surface area contributed by atoms with Crippen molar-refractivity contribution in [3.63, 3.8) is 0 Å². The van der Waals surface area contributed by atoms with Crippen molar-refractivity contribution in [2.75, 3.05) is 19.7 Å². The van der Waals surface area contributed by atoms with Crippen molar-refractivity contribution < 1.29 is 14.8 Å². The molecule has 0 spiro atoms. The highest BCUT2D eigenvalue weighted by Gasteiger charge is 2.12. The number of aliphatic hydroxyl groups is 1. The molecule has 0 saturated heterocycles. The van der Waals surface area contributed by atoms with E-state index in [1.807, 2.05) is 6.92 Å². The Morgan fingerprint density at radius 2 is 2.32 bits per heavy atom. The molecule has 1 unspecified atom stereocenters. The topological polar surface area (TPSA) is 84.6 Å². The quantitative estimate of drug-likeness (QED) is 0.434. The maximum absolute atomic E-state index is 10.6. The number of hydrogen-bond donors (Lipinski definition) is 2. The van der Waals surface area contributed by atoms with E-state index >= 15 is 0 Å². The van der Waals surface area contributed by atoms with Crippen LogP contribution in [0.1, 0.15) is 13.3 Å². The van der Waals surface area contributed by atoms with Crippen molar-refractivity contribution in [3.8, 4) is 5.75 Å². The van der Waals surface area contributed by atoms with Crippen LogP contribution in [-0.2, 0) is 0 Å². The van der Waals surface area contributed by atoms with Gasteiger partial charge in [0.15, 0.2) is 0 Å². The van der Waals surface area contributed by atoms with Gasteiger partial charge in [0.1, 0.15) is 18.5 Å².